The molecule has 0 saturated heterocycles. The summed E-state index contributed by atoms with van der Waals surface area (Å²) in [6, 6.07) is 0. The highest BCUT2D eigenvalue weighted by Crippen LogP contribution is 2.27. The lowest BCUT2D eigenvalue weighted by Gasteiger charge is -2.26. The Morgan fingerprint density at radius 3 is 2.18 bits per heavy atom. The van der Waals surface area contributed by atoms with Crippen LogP contribution in [0.25, 0.3) is 0 Å². The van der Waals surface area contributed by atoms with Crippen molar-refractivity contribution in [2.75, 3.05) is 13.2 Å². The van der Waals surface area contributed by atoms with E-state index in [1.54, 1.807) is 0 Å². The molecule has 1 heteroatoms. The molecule has 0 aliphatic rings. The smallest absolute Gasteiger partial charge is 0.0468 e. The van der Waals surface area contributed by atoms with Crippen LogP contribution in [-0.2, 0) is 4.74 Å². The van der Waals surface area contributed by atoms with Gasteiger partial charge >= 0.3 is 0 Å². The van der Waals surface area contributed by atoms with Crippen LogP contribution in [0.3, 0.4) is 0 Å². The SMILES string of the molecule is CCOCCC(C)C(C)(C)C. The lowest BCUT2D eigenvalue weighted by molar-refractivity contribution is 0.112. The number of rotatable bonds is 4. The van der Waals surface area contributed by atoms with Crippen molar-refractivity contribution in [3.8, 4) is 0 Å². The third-order valence-corrected chi connectivity index (χ3v) is 2.38. The Morgan fingerprint density at radius 2 is 1.82 bits per heavy atom. The molecule has 0 aliphatic heterocycles. The van der Waals surface area contributed by atoms with Gasteiger partial charge in [0.15, 0.2) is 0 Å². The summed E-state index contributed by atoms with van der Waals surface area (Å²) in [6.07, 6.45) is 1.18. The van der Waals surface area contributed by atoms with Crippen molar-refractivity contribution >= 4 is 0 Å². The lowest BCUT2D eigenvalue weighted by atomic mass is 9.80. The maximum Gasteiger partial charge on any atom is 0.0468 e. The average Bonchev–Trinajstić information content (AvgIpc) is 1.86. The summed E-state index contributed by atoms with van der Waals surface area (Å²) in [5.74, 6) is 0.744. The van der Waals surface area contributed by atoms with Crippen LogP contribution in [0.15, 0.2) is 0 Å². The van der Waals surface area contributed by atoms with Gasteiger partial charge in [-0.3, -0.25) is 0 Å². The molecule has 0 aromatic rings. The molecule has 0 radical (unpaired) electrons. The van der Waals surface area contributed by atoms with E-state index in [-0.39, 0.29) is 0 Å². The normalized spacial score (nSPS) is 15.0. The molecule has 0 rings (SSSR count). The molecular weight excluding hydrogens is 136 g/mol. The zero-order chi connectivity index (χ0) is 8.91. The van der Waals surface area contributed by atoms with Crippen molar-refractivity contribution in [3.05, 3.63) is 0 Å². The summed E-state index contributed by atoms with van der Waals surface area (Å²) in [6.45, 7) is 12.9. The van der Waals surface area contributed by atoms with Gasteiger partial charge in [-0.25, -0.2) is 0 Å². The molecule has 1 unspecified atom stereocenters. The Morgan fingerprint density at radius 1 is 1.27 bits per heavy atom. The minimum Gasteiger partial charge on any atom is -0.382 e. The Hall–Kier alpha value is -0.0400. The monoisotopic (exact) mass is 158 g/mol. The first-order valence-electron chi connectivity index (χ1n) is 4.56. The first-order chi connectivity index (χ1) is 4.98. The molecule has 0 N–H and O–H groups in total. The van der Waals surface area contributed by atoms with Gasteiger partial charge < -0.3 is 4.74 Å². The fraction of sp³-hybridized carbons (Fsp3) is 1.00. The molecule has 0 heterocycles. The molecular formula is C10H22O. The highest BCUT2D eigenvalue weighted by molar-refractivity contribution is 4.69. The molecule has 0 bridgehead atoms. The molecule has 11 heavy (non-hydrogen) atoms. The van der Waals surface area contributed by atoms with Gasteiger partial charge in [0.1, 0.15) is 0 Å². The van der Waals surface area contributed by atoms with Crippen molar-refractivity contribution in [1.29, 1.82) is 0 Å². The van der Waals surface area contributed by atoms with Crippen molar-refractivity contribution in [3.63, 3.8) is 0 Å². The number of ether oxygens (including phenoxy) is 1. The minimum absolute atomic E-state index is 0.428. The van der Waals surface area contributed by atoms with Crippen molar-refractivity contribution in [2.24, 2.45) is 11.3 Å². The quantitative estimate of drug-likeness (QED) is 0.571. The number of hydrogen-bond donors (Lipinski definition) is 0. The number of hydrogen-bond acceptors (Lipinski definition) is 1. The fourth-order valence-corrected chi connectivity index (χ4v) is 0.837. The maximum absolute atomic E-state index is 5.30. The van der Waals surface area contributed by atoms with E-state index in [0.29, 0.717) is 5.41 Å². The highest BCUT2D eigenvalue weighted by atomic mass is 16.5. The summed E-state index contributed by atoms with van der Waals surface area (Å²) < 4.78 is 5.30. The predicted octanol–water partition coefficient (Wildman–Crippen LogP) is 3.10. The van der Waals surface area contributed by atoms with Gasteiger partial charge in [-0.15, -0.1) is 0 Å². The molecule has 0 aromatic heterocycles. The predicted molar refractivity (Wildman–Crippen MR) is 49.7 cm³/mol. The molecule has 0 fully saturated rings. The largest absolute Gasteiger partial charge is 0.382 e. The highest BCUT2D eigenvalue weighted by Gasteiger charge is 2.18. The van der Waals surface area contributed by atoms with E-state index in [9.17, 15) is 0 Å². The zero-order valence-electron chi connectivity index (χ0n) is 8.61. The maximum atomic E-state index is 5.30. The second-order valence-electron chi connectivity index (χ2n) is 4.25. The van der Waals surface area contributed by atoms with Gasteiger partial charge in [0, 0.05) is 13.2 Å². The standard InChI is InChI=1S/C10H22O/c1-6-11-8-7-9(2)10(3,4)5/h9H,6-8H2,1-5H3. The van der Waals surface area contributed by atoms with Crippen LogP contribution in [0, 0.1) is 11.3 Å². The molecule has 1 nitrogen and oxygen atoms in total. The summed E-state index contributed by atoms with van der Waals surface area (Å²) >= 11 is 0. The van der Waals surface area contributed by atoms with Crippen LogP contribution < -0.4 is 0 Å². The first kappa shape index (κ1) is 11.0. The zero-order valence-corrected chi connectivity index (χ0v) is 8.61. The van der Waals surface area contributed by atoms with Crippen molar-refractivity contribution in [1.82, 2.24) is 0 Å². The van der Waals surface area contributed by atoms with E-state index in [4.69, 9.17) is 4.74 Å². The van der Waals surface area contributed by atoms with Crippen LogP contribution in [-0.4, -0.2) is 13.2 Å². The molecule has 0 amide bonds. The first-order valence-corrected chi connectivity index (χ1v) is 4.56. The lowest BCUT2D eigenvalue weighted by Crippen LogP contribution is -2.18. The van der Waals surface area contributed by atoms with Gasteiger partial charge in [-0.2, -0.15) is 0 Å². The van der Waals surface area contributed by atoms with Crippen LogP contribution in [0.2, 0.25) is 0 Å². The van der Waals surface area contributed by atoms with Crippen LogP contribution in [0.1, 0.15) is 41.0 Å². The van der Waals surface area contributed by atoms with E-state index in [1.165, 1.54) is 6.42 Å². The van der Waals surface area contributed by atoms with E-state index in [1.807, 2.05) is 6.92 Å². The second-order valence-corrected chi connectivity index (χ2v) is 4.25. The van der Waals surface area contributed by atoms with E-state index in [2.05, 4.69) is 27.7 Å². The molecule has 68 valence electrons. The summed E-state index contributed by atoms with van der Waals surface area (Å²) in [5, 5.41) is 0. The van der Waals surface area contributed by atoms with Crippen molar-refractivity contribution in [2.45, 2.75) is 41.0 Å². The summed E-state index contributed by atoms with van der Waals surface area (Å²) in [7, 11) is 0. The van der Waals surface area contributed by atoms with Gasteiger partial charge in [0.25, 0.3) is 0 Å². The topological polar surface area (TPSA) is 9.23 Å². The van der Waals surface area contributed by atoms with Crippen LogP contribution >= 0.6 is 0 Å². The molecule has 0 aliphatic carbocycles. The molecule has 1 atom stereocenters. The third kappa shape index (κ3) is 5.25. The van der Waals surface area contributed by atoms with Gasteiger partial charge in [0.2, 0.25) is 0 Å². The third-order valence-electron chi connectivity index (χ3n) is 2.38. The van der Waals surface area contributed by atoms with Crippen LogP contribution in [0.5, 0.6) is 0 Å². The Labute approximate surface area is 71.1 Å². The van der Waals surface area contributed by atoms with Crippen LogP contribution in [0.4, 0.5) is 0 Å². The second kappa shape index (κ2) is 4.76. The summed E-state index contributed by atoms with van der Waals surface area (Å²) in [4.78, 5) is 0. The Kier molecular flexibility index (Phi) is 4.74. The Bertz CT molecular complexity index is 91.5. The average molecular weight is 158 g/mol. The van der Waals surface area contributed by atoms with Gasteiger partial charge in [-0.05, 0) is 24.7 Å². The van der Waals surface area contributed by atoms with E-state index in [0.717, 1.165) is 19.1 Å². The molecule has 0 aromatic carbocycles. The molecule has 0 spiro atoms. The van der Waals surface area contributed by atoms with E-state index >= 15 is 0 Å². The fourth-order valence-electron chi connectivity index (χ4n) is 0.837. The minimum atomic E-state index is 0.428. The van der Waals surface area contributed by atoms with E-state index < -0.39 is 0 Å². The van der Waals surface area contributed by atoms with Gasteiger partial charge in [0.05, 0.1) is 0 Å². The van der Waals surface area contributed by atoms with Gasteiger partial charge in [-0.1, -0.05) is 27.7 Å². The summed E-state index contributed by atoms with van der Waals surface area (Å²) in [5.41, 5.74) is 0.428. The van der Waals surface area contributed by atoms with Crippen molar-refractivity contribution < 1.29 is 4.74 Å². The Balaban J connectivity index is 3.44. The molecule has 0 saturated carbocycles.